The number of hydrogen-bond acceptors (Lipinski definition) is 4. The zero-order chi connectivity index (χ0) is 21.0. The largest absolute Gasteiger partial charge is 0.496 e. The first-order chi connectivity index (χ1) is 13.9. The van der Waals surface area contributed by atoms with Gasteiger partial charge in [0, 0.05) is 20.9 Å². The molecule has 6 heteroatoms. The molecule has 3 rings (SSSR count). The normalized spacial score (nSPS) is 11.1. The number of allylic oxidation sites excluding steroid dienone is 1. The van der Waals surface area contributed by atoms with E-state index in [-0.39, 0.29) is 12.4 Å². The summed E-state index contributed by atoms with van der Waals surface area (Å²) in [6, 6.07) is 12.8. The van der Waals surface area contributed by atoms with Gasteiger partial charge in [-0.3, -0.25) is 4.79 Å². The van der Waals surface area contributed by atoms with Crippen LogP contribution < -0.4 is 9.47 Å². The standard InChI is InChI=1S/C23H20Cl2O3S/c1-14-11-18(15(2)29-14)20(26)9-7-16-8-10-21(27-3)17(12-16)13-28-22-6-4-5-19(24)23(22)25/h4-12H,13H2,1-3H3/b9-7+. The fourth-order valence-electron chi connectivity index (χ4n) is 2.90. The molecule has 3 nitrogen and oxygen atoms in total. The number of rotatable bonds is 7. The molecular formula is C23H20Cl2O3S. The molecule has 0 unspecified atom stereocenters. The minimum absolute atomic E-state index is 0.00817. The van der Waals surface area contributed by atoms with Gasteiger partial charge in [-0.15, -0.1) is 11.3 Å². The highest BCUT2D eigenvalue weighted by Gasteiger charge is 2.11. The van der Waals surface area contributed by atoms with Crippen LogP contribution in [0, 0.1) is 13.8 Å². The Bertz CT molecular complexity index is 1070. The first-order valence-electron chi connectivity index (χ1n) is 8.92. The molecule has 3 aromatic rings. The highest BCUT2D eigenvalue weighted by atomic mass is 35.5. The molecule has 0 aliphatic heterocycles. The predicted octanol–water partition coefficient (Wildman–Crippen LogP) is 7.16. The van der Waals surface area contributed by atoms with Crippen LogP contribution in [0.1, 0.15) is 31.2 Å². The van der Waals surface area contributed by atoms with Crippen molar-refractivity contribution in [2.24, 2.45) is 0 Å². The Kier molecular flexibility index (Phi) is 7.01. The number of ketones is 1. The fourth-order valence-corrected chi connectivity index (χ4v) is 4.18. The van der Waals surface area contributed by atoms with E-state index in [9.17, 15) is 4.79 Å². The number of aryl methyl sites for hydroxylation is 2. The minimum atomic E-state index is -0.00817. The van der Waals surface area contributed by atoms with Crippen molar-refractivity contribution in [1.82, 2.24) is 0 Å². The van der Waals surface area contributed by atoms with Crippen molar-refractivity contribution >= 4 is 46.4 Å². The number of carbonyl (C=O) groups is 1. The van der Waals surface area contributed by atoms with E-state index >= 15 is 0 Å². The third-order valence-corrected chi connectivity index (χ3v) is 6.10. The SMILES string of the molecule is COc1ccc(/C=C/C(=O)c2cc(C)sc2C)cc1COc1cccc(Cl)c1Cl. The average molecular weight is 447 g/mol. The summed E-state index contributed by atoms with van der Waals surface area (Å²) in [5.41, 5.74) is 2.46. The van der Waals surface area contributed by atoms with E-state index in [2.05, 4.69) is 0 Å². The zero-order valence-corrected chi connectivity index (χ0v) is 18.6. The first-order valence-corrected chi connectivity index (χ1v) is 10.5. The summed E-state index contributed by atoms with van der Waals surface area (Å²) in [6.07, 6.45) is 3.39. The fraction of sp³-hybridized carbons (Fsp3) is 0.174. The lowest BCUT2D eigenvalue weighted by molar-refractivity contribution is 0.104. The third-order valence-electron chi connectivity index (χ3n) is 4.34. The van der Waals surface area contributed by atoms with Gasteiger partial charge in [0.25, 0.3) is 0 Å². The van der Waals surface area contributed by atoms with Crippen molar-refractivity contribution in [2.75, 3.05) is 7.11 Å². The average Bonchev–Trinajstić information content (AvgIpc) is 3.05. The van der Waals surface area contributed by atoms with Crippen molar-refractivity contribution in [2.45, 2.75) is 20.5 Å². The van der Waals surface area contributed by atoms with Crippen LogP contribution in [0.25, 0.3) is 6.08 Å². The van der Waals surface area contributed by atoms with E-state index in [1.54, 1.807) is 48.8 Å². The van der Waals surface area contributed by atoms with Gasteiger partial charge in [0.2, 0.25) is 0 Å². The molecular weight excluding hydrogens is 427 g/mol. The summed E-state index contributed by atoms with van der Waals surface area (Å²) in [5.74, 6) is 1.18. The summed E-state index contributed by atoms with van der Waals surface area (Å²) in [4.78, 5) is 14.6. The number of benzene rings is 2. The van der Waals surface area contributed by atoms with Crippen LogP contribution in [0.15, 0.2) is 48.5 Å². The molecule has 0 radical (unpaired) electrons. The molecule has 150 valence electrons. The summed E-state index contributed by atoms with van der Waals surface area (Å²) in [7, 11) is 1.60. The van der Waals surface area contributed by atoms with Gasteiger partial charge in [-0.2, -0.15) is 0 Å². The molecule has 0 fully saturated rings. The summed E-state index contributed by atoms with van der Waals surface area (Å²) in [6.45, 7) is 4.21. The van der Waals surface area contributed by atoms with E-state index in [4.69, 9.17) is 32.7 Å². The van der Waals surface area contributed by atoms with Crippen molar-refractivity contribution in [3.63, 3.8) is 0 Å². The van der Waals surface area contributed by atoms with Crippen LogP contribution in [0.2, 0.25) is 10.0 Å². The van der Waals surface area contributed by atoms with Crippen molar-refractivity contribution < 1.29 is 14.3 Å². The van der Waals surface area contributed by atoms with Crippen LogP contribution >= 0.6 is 34.5 Å². The lowest BCUT2D eigenvalue weighted by atomic mass is 10.1. The zero-order valence-electron chi connectivity index (χ0n) is 16.3. The Hall–Kier alpha value is -2.27. The van der Waals surface area contributed by atoms with Gasteiger partial charge in [-0.1, -0.05) is 41.4 Å². The molecule has 0 spiro atoms. The van der Waals surface area contributed by atoms with E-state index in [1.165, 1.54) is 0 Å². The number of methoxy groups -OCH3 is 1. The summed E-state index contributed by atoms with van der Waals surface area (Å²) in [5, 5.41) is 0.807. The van der Waals surface area contributed by atoms with E-state index in [0.29, 0.717) is 21.5 Å². The van der Waals surface area contributed by atoms with E-state index in [0.717, 1.165) is 26.4 Å². The second kappa shape index (κ2) is 9.49. The van der Waals surface area contributed by atoms with Gasteiger partial charge in [0.1, 0.15) is 23.1 Å². The highest BCUT2D eigenvalue weighted by Crippen LogP contribution is 2.33. The summed E-state index contributed by atoms with van der Waals surface area (Å²) >= 11 is 13.8. The van der Waals surface area contributed by atoms with Gasteiger partial charge >= 0.3 is 0 Å². The van der Waals surface area contributed by atoms with Gasteiger partial charge < -0.3 is 9.47 Å². The number of carbonyl (C=O) groups excluding carboxylic acids is 1. The minimum Gasteiger partial charge on any atom is -0.496 e. The topological polar surface area (TPSA) is 35.5 Å². The molecule has 0 N–H and O–H groups in total. The van der Waals surface area contributed by atoms with Crippen LogP contribution in [-0.2, 0) is 6.61 Å². The van der Waals surface area contributed by atoms with Gasteiger partial charge in [0.15, 0.2) is 5.78 Å². The summed E-state index contributed by atoms with van der Waals surface area (Å²) < 4.78 is 11.3. The van der Waals surface area contributed by atoms with Gasteiger partial charge in [-0.25, -0.2) is 0 Å². The first kappa shape index (κ1) is 21.4. The van der Waals surface area contributed by atoms with Crippen LogP contribution in [-0.4, -0.2) is 12.9 Å². The predicted molar refractivity (Wildman–Crippen MR) is 121 cm³/mol. The Morgan fingerprint density at radius 1 is 1.10 bits per heavy atom. The van der Waals surface area contributed by atoms with Crippen molar-refractivity contribution in [1.29, 1.82) is 0 Å². The molecule has 1 aromatic heterocycles. The van der Waals surface area contributed by atoms with Crippen molar-refractivity contribution in [3.05, 3.63) is 85.0 Å². The van der Waals surface area contributed by atoms with Crippen LogP contribution in [0.3, 0.4) is 0 Å². The van der Waals surface area contributed by atoms with E-state index in [1.807, 2.05) is 38.1 Å². The quantitative estimate of drug-likeness (QED) is 0.285. The van der Waals surface area contributed by atoms with E-state index < -0.39 is 0 Å². The molecule has 0 aliphatic rings. The third kappa shape index (κ3) is 5.21. The maximum absolute atomic E-state index is 12.5. The maximum Gasteiger partial charge on any atom is 0.186 e. The number of halogens is 2. The second-order valence-electron chi connectivity index (χ2n) is 6.44. The van der Waals surface area contributed by atoms with Gasteiger partial charge in [0.05, 0.1) is 12.1 Å². The monoisotopic (exact) mass is 446 g/mol. The number of thiophene rings is 1. The van der Waals surface area contributed by atoms with Crippen molar-refractivity contribution in [3.8, 4) is 11.5 Å². The Morgan fingerprint density at radius 2 is 1.90 bits per heavy atom. The lowest BCUT2D eigenvalue weighted by Gasteiger charge is -2.12. The van der Waals surface area contributed by atoms with Crippen LogP contribution in [0.5, 0.6) is 11.5 Å². The lowest BCUT2D eigenvalue weighted by Crippen LogP contribution is -2.00. The Labute approximate surface area is 184 Å². The number of ether oxygens (including phenoxy) is 2. The molecule has 0 amide bonds. The van der Waals surface area contributed by atoms with Gasteiger partial charge in [-0.05, 0) is 55.8 Å². The molecule has 29 heavy (non-hydrogen) atoms. The molecule has 0 aliphatic carbocycles. The smallest absolute Gasteiger partial charge is 0.186 e. The Balaban J connectivity index is 1.78. The molecule has 0 saturated heterocycles. The second-order valence-corrected chi connectivity index (χ2v) is 8.68. The maximum atomic E-state index is 12.5. The highest BCUT2D eigenvalue weighted by molar-refractivity contribution is 7.12. The molecule has 2 aromatic carbocycles. The molecule has 0 atom stereocenters. The number of hydrogen-bond donors (Lipinski definition) is 0. The molecule has 0 saturated carbocycles. The molecule has 0 bridgehead atoms. The Morgan fingerprint density at radius 3 is 2.59 bits per heavy atom. The van der Waals surface area contributed by atoms with Crippen LogP contribution in [0.4, 0.5) is 0 Å². The molecule has 1 heterocycles.